The molecule has 0 saturated carbocycles. The number of hydrogen-bond acceptors (Lipinski definition) is 7. The zero-order valence-corrected chi connectivity index (χ0v) is 23.1. The summed E-state index contributed by atoms with van der Waals surface area (Å²) in [6, 6.07) is 24.8. The van der Waals surface area contributed by atoms with Crippen LogP contribution in [0.3, 0.4) is 0 Å². The molecule has 0 saturated heterocycles. The summed E-state index contributed by atoms with van der Waals surface area (Å²) in [5.74, 6) is -0.111. The third-order valence-electron chi connectivity index (χ3n) is 5.58. The van der Waals surface area contributed by atoms with Crippen molar-refractivity contribution >= 4 is 45.6 Å². The van der Waals surface area contributed by atoms with E-state index >= 15 is 0 Å². The molecule has 0 heterocycles. The number of halogens is 1. The number of benzene rings is 4. The van der Waals surface area contributed by atoms with Gasteiger partial charge in [0.15, 0.2) is 11.5 Å². The molecule has 9 nitrogen and oxygen atoms in total. The van der Waals surface area contributed by atoms with Gasteiger partial charge in [0, 0.05) is 21.3 Å². The van der Waals surface area contributed by atoms with E-state index in [0.717, 1.165) is 4.47 Å². The van der Waals surface area contributed by atoms with Crippen LogP contribution in [0.4, 0.5) is 5.69 Å². The van der Waals surface area contributed by atoms with Crippen molar-refractivity contribution in [3.8, 4) is 17.2 Å². The fourth-order valence-corrected chi connectivity index (χ4v) is 3.77. The highest BCUT2D eigenvalue weighted by molar-refractivity contribution is 9.10. The van der Waals surface area contributed by atoms with Crippen LogP contribution in [-0.4, -0.2) is 38.2 Å². The number of hydrazone groups is 1. The molecule has 0 bridgehead atoms. The fraction of sp³-hybridized carbons (Fsp3) is 0.0667. The van der Waals surface area contributed by atoms with Gasteiger partial charge in [-0.05, 0) is 90.5 Å². The highest BCUT2D eigenvalue weighted by Crippen LogP contribution is 2.28. The number of amides is 2. The SMILES string of the molecule is COc1ccc(C(=O)Nc2cccc(C(=O)NN=Cc3ccc(OC(=O)c4ccc(Br)cc4)c(OC)c3)c2)cc1. The average molecular weight is 602 g/mol. The van der Waals surface area contributed by atoms with Crippen LogP contribution in [0.1, 0.15) is 36.6 Å². The third-order valence-corrected chi connectivity index (χ3v) is 6.11. The van der Waals surface area contributed by atoms with Crippen molar-refractivity contribution in [3.63, 3.8) is 0 Å². The second-order valence-corrected chi connectivity index (χ2v) is 9.18. The largest absolute Gasteiger partial charge is 0.497 e. The van der Waals surface area contributed by atoms with Gasteiger partial charge in [-0.1, -0.05) is 22.0 Å². The summed E-state index contributed by atoms with van der Waals surface area (Å²) in [7, 11) is 3.00. The number of nitrogens with zero attached hydrogens (tertiary/aromatic N) is 1. The smallest absolute Gasteiger partial charge is 0.343 e. The van der Waals surface area contributed by atoms with E-state index < -0.39 is 11.9 Å². The maximum Gasteiger partial charge on any atom is 0.343 e. The van der Waals surface area contributed by atoms with Crippen molar-refractivity contribution in [1.82, 2.24) is 5.43 Å². The van der Waals surface area contributed by atoms with Crippen LogP contribution in [0.15, 0.2) is 101 Å². The van der Waals surface area contributed by atoms with E-state index in [1.807, 2.05) is 0 Å². The Labute approximate surface area is 238 Å². The maximum atomic E-state index is 12.6. The molecule has 0 aliphatic heterocycles. The molecule has 0 aliphatic carbocycles. The van der Waals surface area contributed by atoms with E-state index in [4.69, 9.17) is 14.2 Å². The van der Waals surface area contributed by atoms with Crippen LogP contribution in [0.5, 0.6) is 17.2 Å². The minimum absolute atomic E-state index is 0.241. The molecule has 40 heavy (non-hydrogen) atoms. The number of hydrogen-bond donors (Lipinski definition) is 2. The lowest BCUT2D eigenvalue weighted by molar-refractivity contribution is 0.0729. The summed E-state index contributed by atoms with van der Waals surface area (Å²) in [5, 5.41) is 6.77. The molecule has 2 N–H and O–H groups in total. The van der Waals surface area contributed by atoms with E-state index in [1.165, 1.54) is 13.3 Å². The molecule has 0 aromatic heterocycles. The van der Waals surface area contributed by atoms with Gasteiger partial charge in [0.1, 0.15) is 5.75 Å². The van der Waals surface area contributed by atoms with Crippen molar-refractivity contribution in [2.24, 2.45) is 5.10 Å². The maximum absolute atomic E-state index is 12.6. The Hall–Kier alpha value is -4.96. The summed E-state index contributed by atoms with van der Waals surface area (Å²) >= 11 is 3.33. The van der Waals surface area contributed by atoms with Crippen molar-refractivity contribution < 1.29 is 28.6 Å². The Bertz CT molecular complexity index is 1550. The number of esters is 1. The van der Waals surface area contributed by atoms with Gasteiger partial charge in [-0.2, -0.15) is 5.10 Å². The Morgan fingerprint density at radius 1 is 0.750 bits per heavy atom. The Balaban J connectivity index is 1.36. The molecule has 0 atom stereocenters. The number of methoxy groups -OCH3 is 2. The van der Waals surface area contributed by atoms with Gasteiger partial charge >= 0.3 is 5.97 Å². The van der Waals surface area contributed by atoms with Gasteiger partial charge < -0.3 is 19.5 Å². The standard InChI is InChI=1S/C30H24BrN3O6/c1-38-25-13-9-20(10-14-25)28(35)33-24-5-3-4-22(17-24)29(36)34-32-18-19-6-15-26(27(16-19)39-2)40-30(37)21-7-11-23(31)12-8-21/h3-18H,1-2H3,(H,33,35)(H,34,36). The monoisotopic (exact) mass is 601 g/mol. The molecule has 4 aromatic rings. The van der Waals surface area contributed by atoms with Crippen molar-refractivity contribution in [2.75, 3.05) is 19.5 Å². The molecule has 202 valence electrons. The molecule has 0 aliphatic rings. The van der Waals surface area contributed by atoms with Crippen LogP contribution < -0.4 is 25.0 Å². The molecule has 4 aromatic carbocycles. The summed E-state index contributed by atoms with van der Waals surface area (Å²) in [4.78, 5) is 37.6. The molecule has 0 fully saturated rings. The lowest BCUT2D eigenvalue weighted by atomic mass is 10.1. The normalized spacial score (nSPS) is 10.6. The first-order valence-electron chi connectivity index (χ1n) is 11.9. The summed E-state index contributed by atoms with van der Waals surface area (Å²) < 4.78 is 16.8. The minimum Gasteiger partial charge on any atom is -0.497 e. The Morgan fingerprint density at radius 2 is 1.48 bits per heavy atom. The van der Waals surface area contributed by atoms with Gasteiger partial charge in [0.2, 0.25) is 0 Å². The molecule has 2 amide bonds. The molecular formula is C30H24BrN3O6. The first-order chi connectivity index (χ1) is 19.4. The van der Waals surface area contributed by atoms with Crippen LogP contribution in [0, 0.1) is 0 Å². The van der Waals surface area contributed by atoms with E-state index in [0.29, 0.717) is 39.4 Å². The predicted molar refractivity (Wildman–Crippen MR) is 155 cm³/mol. The number of ether oxygens (including phenoxy) is 3. The van der Waals surface area contributed by atoms with E-state index in [-0.39, 0.29) is 11.7 Å². The van der Waals surface area contributed by atoms with Gasteiger partial charge in [0.05, 0.1) is 26.0 Å². The van der Waals surface area contributed by atoms with Crippen molar-refractivity contribution in [1.29, 1.82) is 0 Å². The first kappa shape index (κ1) is 28.1. The van der Waals surface area contributed by atoms with Gasteiger partial charge in [0.25, 0.3) is 11.8 Å². The molecule has 0 radical (unpaired) electrons. The van der Waals surface area contributed by atoms with E-state index in [9.17, 15) is 14.4 Å². The highest BCUT2D eigenvalue weighted by Gasteiger charge is 2.13. The quantitative estimate of drug-likeness (QED) is 0.110. The number of rotatable bonds is 9. The molecule has 0 unspecified atom stereocenters. The summed E-state index contributed by atoms with van der Waals surface area (Å²) in [5.41, 5.74) is 4.65. The second kappa shape index (κ2) is 13.2. The van der Waals surface area contributed by atoms with Crippen molar-refractivity contribution in [3.05, 3.63) is 118 Å². The van der Waals surface area contributed by atoms with E-state index in [1.54, 1.807) is 98.1 Å². The zero-order chi connectivity index (χ0) is 28.5. The van der Waals surface area contributed by atoms with Crippen molar-refractivity contribution in [2.45, 2.75) is 0 Å². The second-order valence-electron chi connectivity index (χ2n) is 8.27. The lowest BCUT2D eigenvalue weighted by Crippen LogP contribution is -2.18. The fourth-order valence-electron chi connectivity index (χ4n) is 3.51. The predicted octanol–water partition coefficient (Wildman–Crippen LogP) is 5.70. The highest BCUT2D eigenvalue weighted by atomic mass is 79.9. The summed E-state index contributed by atoms with van der Waals surface area (Å²) in [6.07, 6.45) is 1.43. The number of nitrogens with one attached hydrogen (secondary N) is 2. The number of anilines is 1. The Kier molecular flexibility index (Phi) is 9.27. The van der Waals surface area contributed by atoms with E-state index in [2.05, 4.69) is 31.8 Å². The van der Waals surface area contributed by atoms with Gasteiger partial charge in [-0.3, -0.25) is 9.59 Å². The average Bonchev–Trinajstić information content (AvgIpc) is 2.98. The lowest BCUT2D eigenvalue weighted by Gasteiger charge is -2.10. The Morgan fingerprint density at radius 3 is 2.17 bits per heavy atom. The molecule has 10 heteroatoms. The molecule has 4 rings (SSSR count). The number of carbonyl (C=O) groups is 3. The van der Waals surface area contributed by atoms with Gasteiger partial charge in [-0.15, -0.1) is 0 Å². The number of carbonyl (C=O) groups excluding carboxylic acids is 3. The molecule has 0 spiro atoms. The van der Waals surface area contributed by atoms with Crippen LogP contribution >= 0.6 is 15.9 Å². The van der Waals surface area contributed by atoms with Crippen LogP contribution in [0.25, 0.3) is 0 Å². The topological polar surface area (TPSA) is 115 Å². The summed E-state index contributed by atoms with van der Waals surface area (Å²) in [6.45, 7) is 0. The van der Waals surface area contributed by atoms with Crippen LogP contribution in [-0.2, 0) is 0 Å². The first-order valence-corrected chi connectivity index (χ1v) is 12.7. The van der Waals surface area contributed by atoms with Crippen LogP contribution in [0.2, 0.25) is 0 Å². The van der Waals surface area contributed by atoms with Gasteiger partial charge in [-0.25, -0.2) is 10.2 Å². The zero-order valence-electron chi connectivity index (χ0n) is 21.5. The minimum atomic E-state index is -0.526. The molecular weight excluding hydrogens is 578 g/mol. The third kappa shape index (κ3) is 7.33.